The summed E-state index contributed by atoms with van der Waals surface area (Å²) in [6, 6.07) is 19.7. The number of carbonyl (C=O) groups is 2. The van der Waals surface area contributed by atoms with Crippen LogP contribution in [0.25, 0.3) is 0 Å². The maximum atomic E-state index is 14.1. The van der Waals surface area contributed by atoms with E-state index >= 15 is 0 Å². The zero-order chi connectivity index (χ0) is 29.7. The van der Waals surface area contributed by atoms with Gasteiger partial charge in [0.25, 0.3) is 10.0 Å². The Balaban J connectivity index is 2.07. The van der Waals surface area contributed by atoms with E-state index in [1.807, 2.05) is 47.6 Å². The highest BCUT2D eigenvalue weighted by molar-refractivity contribution is 7.92. The molecule has 0 aliphatic carbocycles. The van der Waals surface area contributed by atoms with Crippen molar-refractivity contribution in [2.24, 2.45) is 0 Å². The van der Waals surface area contributed by atoms with Crippen molar-refractivity contribution in [1.82, 2.24) is 10.2 Å². The standard InChI is InChI=1S/C31H38ClN3O4S/c1-7-28(30(37)33-31(4,5)6)34(20-24-13-15-25(32)16-14-24)29(36)21-35(26-10-8-9-23(3)19-26)40(38,39)27-17-11-22(2)12-18-27/h8-19,28H,7,20-21H2,1-6H3,(H,33,37)/t28-/m1/s1. The predicted octanol–water partition coefficient (Wildman–Crippen LogP) is 5.87. The first-order valence-electron chi connectivity index (χ1n) is 13.2. The van der Waals surface area contributed by atoms with Crippen LogP contribution in [0.2, 0.25) is 5.02 Å². The molecule has 3 aromatic rings. The van der Waals surface area contributed by atoms with E-state index in [0.717, 1.165) is 21.0 Å². The van der Waals surface area contributed by atoms with E-state index in [9.17, 15) is 18.0 Å². The molecule has 0 aliphatic heterocycles. The van der Waals surface area contributed by atoms with Crippen molar-refractivity contribution >= 4 is 39.1 Å². The van der Waals surface area contributed by atoms with Gasteiger partial charge >= 0.3 is 0 Å². The molecule has 214 valence electrons. The molecule has 0 heterocycles. The summed E-state index contributed by atoms with van der Waals surface area (Å²) in [7, 11) is -4.11. The highest BCUT2D eigenvalue weighted by Gasteiger charge is 2.34. The molecule has 0 aromatic heterocycles. The van der Waals surface area contributed by atoms with E-state index in [0.29, 0.717) is 17.1 Å². The van der Waals surface area contributed by atoms with Gasteiger partial charge in [0.2, 0.25) is 11.8 Å². The molecular weight excluding hydrogens is 546 g/mol. The van der Waals surface area contributed by atoms with Gasteiger partial charge in [-0.25, -0.2) is 8.42 Å². The first-order valence-corrected chi connectivity index (χ1v) is 15.0. The molecule has 0 spiro atoms. The van der Waals surface area contributed by atoms with Crippen LogP contribution in [0.1, 0.15) is 50.8 Å². The van der Waals surface area contributed by atoms with Gasteiger partial charge in [-0.15, -0.1) is 0 Å². The van der Waals surface area contributed by atoms with Gasteiger partial charge in [0.15, 0.2) is 0 Å². The summed E-state index contributed by atoms with van der Waals surface area (Å²) in [5, 5.41) is 3.52. The van der Waals surface area contributed by atoms with Crippen LogP contribution >= 0.6 is 11.6 Å². The number of benzene rings is 3. The van der Waals surface area contributed by atoms with E-state index in [-0.39, 0.29) is 17.3 Å². The zero-order valence-electron chi connectivity index (χ0n) is 23.9. The van der Waals surface area contributed by atoms with Crippen molar-refractivity contribution in [3.8, 4) is 0 Å². The van der Waals surface area contributed by atoms with Crippen LogP contribution in [0, 0.1) is 13.8 Å². The third kappa shape index (κ3) is 8.08. The minimum atomic E-state index is -4.11. The summed E-state index contributed by atoms with van der Waals surface area (Å²) >= 11 is 6.07. The van der Waals surface area contributed by atoms with Crippen molar-refractivity contribution in [1.29, 1.82) is 0 Å². The van der Waals surface area contributed by atoms with Crippen LogP contribution in [-0.2, 0) is 26.2 Å². The lowest BCUT2D eigenvalue weighted by Crippen LogP contribution is -2.55. The Morgan fingerprint density at radius 1 is 0.925 bits per heavy atom. The number of nitrogens with one attached hydrogen (secondary N) is 1. The largest absolute Gasteiger partial charge is 0.350 e. The van der Waals surface area contributed by atoms with Gasteiger partial charge in [0.1, 0.15) is 12.6 Å². The average molecular weight is 584 g/mol. The van der Waals surface area contributed by atoms with Gasteiger partial charge in [-0.1, -0.05) is 60.5 Å². The summed E-state index contributed by atoms with van der Waals surface area (Å²) < 4.78 is 29.0. The van der Waals surface area contributed by atoms with E-state index in [1.54, 1.807) is 54.6 Å². The van der Waals surface area contributed by atoms with Crippen LogP contribution < -0.4 is 9.62 Å². The summed E-state index contributed by atoms with van der Waals surface area (Å²) in [5.74, 6) is -0.802. The Morgan fingerprint density at radius 3 is 2.10 bits per heavy atom. The van der Waals surface area contributed by atoms with Crippen LogP contribution in [-0.4, -0.2) is 43.3 Å². The summed E-state index contributed by atoms with van der Waals surface area (Å²) in [4.78, 5) is 29.0. The molecule has 0 saturated carbocycles. The van der Waals surface area contributed by atoms with E-state index in [4.69, 9.17) is 11.6 Å². The molecule has 0 fully saturated rings. The lowest BCUT2D eigenvalue weighted by Gasteiger charge is -2.34. The highest BCUT2D eigenvalue weighted by Crippen LogP contribution is 2.26. The molecule has 3 aromatic carbocycles. The second kappa shape index (κ2) is 12.9. The monoisotopic (exact) mass is 583 g/mol. The smallest absolute Gasteiger partial charge is 0.264 e. The molecule has 1 N–H and O–H groups in total. The Kier molecular flexibility index (Phi) is 10.0. The fourth-order valence-electron chi connectivity index (χ4n) is 4.31. The van der Waals surface area contributed by atoms with Gasteiger partial charge in [-0.05, 0) is 88.6 Å². The minimum Gasteiger partial charge on any atom is -0.350 e. The number of rotatable bonds is 10. The number of anilines is 1. The lowest BCUT2D eigenvalue weighted by atomic mass is 10.1. The molecule has 0 radical (unpaired) electrons. The summed E-state index contributed by atoms with van der Waals surface area (Å²) in [6.07, 6.45) is 0.344. The third-order valence-electron chi connectivity index (χ3n) is 6.33. The van der Waals surface area contributed by atoms with E-state index in [1.165, 1.54) is 17.0 Å². The molecule has 2 amide bonds. The molecule has 0 saturated heterocycles. The molecular formula is C31H38ClN3O4S. The van der Waals surface area contributed by atoms with Crippen molar-refractivity contribution in [2.75, 3.05) is 10.8 Å². The zero-order valence-corrected chi connectivity index (χ0v) is 25.5. The minimum absolute atomic E-state index is 0.0779. The molecule has 0 bridgehead atoms. The Hall–Kier alpha value is -3.36. The summed E-state index contributed by atoms with van der Waals surface area (Å²) in [6.45, 7) is 10.8. The number of aryl methyl sites for hydroxylation is 2. The molecule has 9 heteroatoms. The van der Waals surface area contributed by atoms with Crippen molar-refractivity contribution in [2.45, 2.75) is 71.0 Å². The first-order chi connectivity index (χ1) is 18.7. The van der Waals surface area contributed by atoms with Gasteiger partial charge in [-0.2, -0.15) is 0 Å². The average Bonchev–Trinajstić information content (AvgIpc) is 2.87. The molecule has 0 aliphatic rings. The Bertz CT molecular complexity index is 1430. The van der Waals surface area contributed by atoms with Gasteiger partial charge in [-0.3, -0.25) is 13.9 Å². The molecule has 3 rings (SSSR count). The van der Waals surface area contributed by atoms with Gasteiger partial charge in [0, 0.05) is 17.1 Å². The lowest BCUT2D eigenvalue weighted by molar-refractivity contribution is -0.141. The number of halogens is 1. The number of carbonyl (C=O) groups excluding carboxylic acids is 2. The van der Waals surface area contributed by atoms with E-state index in [2.05, 4.69) is 5.32 Å². The fourth-order valence-corrected chi connectivity index (χ4v) is 5.84. The number of hydrogen-bond donors (Lipinski definition) is 1. The van der Waals surface area contributed by atoms with Crippen LogP contribution in [0.3, 0.4) is 0 Å². The molecule has 1 atom stereocenters. The predicted molar refractivity (Wildman–Crippen MR) is 161 cm³/mol. The maximum absolute atomic E-state index is 14.1. The number of amides is 2. The maximum Gasteiger partial charge on any atom is 0.264 e. The Morgan fingerprint density at radius 2 is 1.55 bits per heavy atom. The number of nitrogens with zero attached hydrogens (tertiary/aromatic N) is 2. The number of sulfonamides is 1. The van der Waals surface area contributed by atoms with Crippen molar-refractivity contribution < 1.29 is 18.0 Å². The topological polar surface area (TPSA) is 86.8 Å². The SMILES string of the molecule is CC[C@H](C(=O)NC(C)(C)C)N(Cc1ccc(Cl)cc1)C(=O)CN(c1cccc(C)c1)S(=O)(=O)c1ccc(C)cc1. The quantitative estimate of drug-likeness (QED) is 0.323. The highest BCUT2D eigenvalue weighted by atomic mass is 35.5. The second-order valence-corrected chi connectivity index (χ2v) is 13.3. The molecule has 7 nitrogen and oxygen atoms in total. The van der Waals surface area contributed by atoms with Gasteiger partial charge < -0.3 is 10.2 Å². The molecule has 0 unspecified atom stereocenters. The fraction of sp³-hybridized carbons (Fsp3) is 0.355. The number of hydrogen-bond acceptors (Lipinski definition) is 4. The van der Waals surface area contributed by atoms with Crippen LogP contribution in [0.5, 0.6) is 0 Å². The first kappa shape index (κ1) is 31.2. The van der Waals surface area contributed by atoms with Crippen molar-refractivity contribution in [3.63, 3.8) is 0 Å². The summed E-state index contributed by atoms with van der Waals surface area (Å²) in [5.41, 5.74) is 2.39. The molecule has 40 heavy (non-hydrogen) atoms. The van der Waals surface area contributed by atoms with Gasteiger partial charge in [0.05, 0.1) is 10.6 Å². The van der Waals surface area contributed by atoms with Crippen LogP contribution in [0.4, 0.5) is 5.69 Å². The second-order valence-electron chi connectivity index (χ2n) is 11.0. The third-order valence-corrected chi connectivity index (χ3v) is 8.37. The van der Waals surface area contributed by atoms with E-state index < -0.39 is 34.1 Å². The van der Waals surface area contributed by atoms with Crippen molar-refractivity contribution in [3.05, 3.63) is 94.5 Å². The Labute approximate surface area is 243 Å². The normalized spacial score (nSPS) is 12.5. The van der Waals surface area contributed by atoms with Crippen LogP contribution in [0.15, 0.2) is 77.7 Å².